The second-order valence-corrected chi connectivity index (χ2v) is 5.40. The Labute approximate surface area is 97.5 Å². The summed E-state index contributed by atoms with van der Waals surface area (Å²) in [4.78, 5) is 11.9. The van der Waals surface area contributed by atoms with Gasteiger partial charge in [-0.3, -0.25) is 4.79 Å². The van der Waals surface area contributed by atoms with Gasteiger partial charge in [-0.2, -0.15) is 0 Å². The fourth-order valence-corrected chi connectivity index (χ4v) is 2.59. The molecule has 2 fully saturated rings. The monoisotopic (exact) mass is 226 g/mol. The van der Waals surface area contributed by atoms with Crippen molar-refractivity contribution in [3.8, 4) is 0 Å². The van der Waals surface area contributed by atoms with Gasteiger partial charge < -0.3 is 9.47 Å². The highest BCUT2D eigenvalue weighted by Crippen LogP contribution is 2.44. The maximum Gasteiger partial charge on any atom is 0.161 e. The lowest BCUT2D eigenvalue weighted by Crippen LogP contribution is -2.47. The van der Waals surface area contributed by atoms with Crippen LogP contribution in [0.1, 0.15) is 46.0 Å². The predicted molar refractivity (Wildman–Crippen MR) is 61.4 cm³/mol. The van der Waals surface area contributed by atoms with Crippen LogP contribution in [0.15, 0.2) is 0 Å². The molecule has 2 rings (SSSR count). The first-order chi connectivity index (χ1) is 7.61. The molecule has 1 heterocycles. The van der Waals surface area contributed by atoms with Crippen molar-refractivity contribution in [2.24, 2.45) is 5.92 Å². The van der Waals surface area contributed by atoms with E-state index in [4.69, 9.17) is 9.47 Å². The van der Waals surface area contributed by atoms with Crippen LogP contribution in [0, 0.1) is 5.92 Å². The maximum atomic E-state index is 11.9. The van der Waals surface area contributed by atoms with Gasteiger partial charge in [0, 0.05) is 12.5 Å². The van der Waals surface area contributed by atoms with Gasteiger partial charge in [0.2, 0.25) is 0 Å². The lowest BCUT2D eigenvalue weighted by molar-refractivity contribution is -0.158. The van der Waals surface area contributed by atoms with E-state index in [1.165, 1.54) is 6.42 Å². The summed E-state index contributed by atoms with van der Waals surface area (Å²) in [6, 6.07) is 0. The molecule has 1 spiro atoms. The molecule has 0 radical (unpaired) electrons. The van der Waals surface area contributed by atoms with Crippen LogP contribution in [0.3, 0.4) is 0 Å². The van der Waals surface area contributed by atoms with E-state index in [1.54, 1.807) is 0 Å². The van der Waals surface area contributed by atoms with Gasteiger partial charge in [-0.1, -0.05) is 0 Å². The first kappa shape index (κ1) is 12.1. The maximum absolute atomic E-state index is 11.9. The molecule has 3 nitrogen and oxygen atoms in total. The summed E-state index contributed by atoms with van der Waals surface area (Å²) in [6.45, 7) is 4.95. The Morgan fingerprint density at radius 1 is 1.50 bits per heavy atom. The summed E-state index contributed by atoms with van der Waals surface area (Å²) in [5, 5.41) is 0. The van der Waals surface area contributed by atoms with E-state index < -0.39 is 0 Å². The van der Waals surface area contributed by atoms with Crippen molar-refractivity contribution in [2.45, 2.75) is 57.7 Å². The number of hydrogen-bond acceptors (Lipinski definition) is 3. The third-order valence-corrected chi connectivity index (χ3v) is 3.77. The molecular weight excluding hydrogens is 204 g/mol. The number of ketones is 1. The quantitative estimate of drug-likeness (QED) is 0.738. The highest BCUT2D eigenvalue weighted by molar-refractivity contribution is 5.82. The van der Waals surface area contributed by atoms with Crippen LogP contribution in [-0.4, -0.2) is 30.7 Å². The molecule has 16 heavy (non-hydrogen) atoms. The zero-order valence-corrected chi connectivity index (χ0v) is 10.3. The van der Waals surface area contributed by atoms with E-state index in [0.29, 0.717) is 0 Å². The van der Waals surface area contributed by atoms with Crippen molar-refractivity contribution < 1.29 is 14.3 Å². The molecule has 0 N–H and O–H groups in total. The second-order valence-electron chi connectivity index (χ2n) is 5.40. The zero-order valence-electron chi connectivity index (χ0n) is 10.3. The highest BCUT2D eigenvalue weighted by atomic mass is 16.5. The number of rotatable bonds is 4. The van der Waals surface area contributed by atoms with Crippen LogP contribution >= 0.6 is 0 Å². The molecule has 1 saturated carbocycles. The molecule has 1 atom stereocenters. The molecular formula is C13H22O3. The third-order valence-electron chi connectivity index (χ3n) is 3.77. The SMILES string of the molecule is CC(C)OCC(=O)C1CCOC2(CCC2)C1. The van der Waals surface area contributed by atoms with Gasteiger partial charge in [0.25, 0.3) is 0 Å². The first-order valence-corrected chi connectivity index (χ1v) is 6.40. The van der Waals surface area contributed by atoms with Crippen LogP contribution in [0.2, 0.25) is 0 Å². The molecule has 1 unspecified atom stereocenters. The van der Waals surface area contributed by atoms with E-state index >= 15 is 0 Å². The van der Waals surface area contributed by atoms with E-state index in [9.17, 15) is 4.79 Å². The van der Waals surface area contributed by atoms with Crippen LogP contribution in [0.4, 0.5) is 0 Å². The Balaban J connectivity index is 1.82. The Kier molecular flexibility index (Phi) is 3.65. The molecule has 0 aromatic rings. The standard InChI is InChI=1S/C13H22O3/c1-10(2)15-9-12(14)11-4-7-16-13(8-11)5-3-6-13/h10-11H,3-9H2,1-2H3. The Morgan fingerprint density at radius 2 is 2.25 bits per heavy atom. The minimum atomic E-state index is 0.0659. The predicted octanol–water partition coefficient (Wildman–Crippen LogP) is 2.33. The highest BCUT2D eigenvalue weighted by Gasteiger charge is 2.44. The summed E-state index contributed by atoms with van der Waals surface area (Å²) >= 11 is 0. The summed E-state index contributed by atoms with van der Waals surface area (Å²) in [5.74, 6) is 0.441. The number of Topliss-reactive ketones (excluding diaryl/α,β-unsaturated/α-hetero) is 1. The summed E-state index contributed by atoms with van der Waals surface area (Å²) < 4.78 is 11.2. The Morgan fingerprint density at radius 3 is 2.81 bits per heavy atom. The number of carbonyl (C=O) groups excluding carboxylic acids is 1. The van der Waals surface area contributed by atoms with E-state index in [2.05, 4.69) is 0 Å². The van der Waals surface area contributed by atoms with Gasteiger partial charge >= 0.3 is 0 Å². The molecule has 0 bridgehead atoms. The summed E-state index contributed by atoms with van der Waals surface area (Å²) in [6.07, 6.45) is 5.48. The van der Waals surface area contributed by atoms with E-state index in [0.717, 1.165) is 32.3 Å². The summed E-state index contributed by atoms with van der Waals surface area (Å²) in [7, 11) is 0. The molecule has 3 heteroatoms. The van der Waals surface area contributed by atoms with Gasteiger partial charge in [0.05, 0.1) is 11.7 Å². The van der Waals surface area contributed by atoms with Gasteiger partial charge in [-0.15, -0.1) is 0 Å². The lowest BCUT2D eigenvalue weighted by Gasteiger charge is -2.46. The topological polar surface area (TPSA) is 35.5 Å². The van der Waals surface area contributed by atoms with Gasteiger partial charge in [0.15, 0.2) is 5.78 Å². The third kappa shape index (κ3) is 2.64. The molecule has 0 amide bonds. The molecule has 0 aromatic carbocycles. The van der Waals surface area contributed by atoms with Crippen LogP contribution in [-0.2, 0) is 14.3 Å². The minimum absolute atomic E-state index is 0.0659. The van der Waals surface area contributed by atoms with Crippen molar-refractivity contribution in [3.05, 3.63) is 0 Å². The fraction of sp³-hybridized carbons (Fsp3) is 0.923. The Hall–Kier alpha value is -0.410. The first-order valence-electron chi connectivity index (χ1n) is 6.40. The molecule has 0 aromatic heterocycles. The van der Waals surface area contributed by atoms with E-state index in [1.807, 2.05) is 13.8 Å². The number of ether oxygens (including phenoxy) is 2. The molecule has 1 saturated heterocycles. The summed E-state index contributed by atoms with van der Waals surface area (Å²) in [5.41, 5.74) is 0.0659. The molecule has 92 valence electrons. The average Bonchev–Trinajstić information content (AvgIpc) is 2.24. The zero-order chi connectivity index (χ0) is 11.6. The normalized spacial score (nSPS) is 28.1. The fourth-order valence-electron chi connectivity index (χ4n) is 2.59. The smallest absolute Gasteiger partial charge is 0.161 e. The second kappa shape index (κ2) is 4.84. The molecule has 1 aliphatic heterocycles. The lowest BCUT2D eigenvalue weighted by atomic mass is 9.71. The van der Waals surface area contributed by atoms with Crippen molar-refractivity contribution in [3.63, 3.8) is 0 Å². The van der Waals surface area contributed by atoms with Crippen LogP contribution < -0.4 is 0 Å². The molecule has 1 aliphatic carbocycles. The minimum Gasteiger partial charge on any atom is -0.375 e. The largest absolute Gasteiger partial charge is 0.375 e. The molecule has 2 aliphatic rings. The van der Waals surface area contributed by atoms with Crippen LogP contribution in [0.5, 0.6) is 0 Å². The Bertz CT molecular complexity index is 256. The average molecular weight is 226 g/mol. The number of carbonyl (C=O) groups is 1. The number of hydrogen-bond donors (Lipinski definition) is 0. The van der Waals surface area contributed by atoms with Crippen molar-refractivity contribution in [2.75, 3.05) is 13.2 Å². The van der Waals surface area contributed by atoms with Gasteiger partial charge in [-0.25, -0.2) is 0 Å². The van der Waals surface area contributed by atoms with E-state index in [-0.39, 0.29) is 30.0 Å². The van der Waals surface area contributed by atoms with Crippen molar-refractivity contribution in [1.82, 2.24) is 0 Å². The van der Waals surface area contributed by atoms with Crippen molar-refractivity contribution in [1.29, 1.82) is 0 Å². The van der Waals surface area contributed by atoms with Gasteiger partial charge in [0.1, 0.15) is 6.61 Å². The van der Waals surface area contributed by atoms with Crippen LogP contribution in [0.25, 0.3) is 0 Å². The van der Waals surface area contributed by atoms with Crippen molar-refractivity contribution >= 4 is 5.78 Å². The van der Waals surface area contributed by atoms with Gasteiger partial charge in [-0.05, 0) is 46.0 Å².